The Hall–Kier alpha value is -1.32. The van der Waals surface area contributed by atoms with E-state index in [1.165, 1.54) is 5.56 Å². The normalized spacial score (nSPS) is 10.9. The van der Waals surface area contributed by atoms with Crippen LogP contribution in [0.25, 0.3) is 5.69 Å². The van der Waals surface area contributed by atoms with Crippen LogP contribution in [-0.2, 0) is 6.61 Å². The molecule has 3 nitrogen and oxygen atoms in total. The zero-order chi connectivity index (χ0) is 12.6. The molecule has 0 fully saturated rings. The second kappa shape index (κ2) is 4.51. The third kappa shape index (κ3) is 2.08. The molecule has 0 unspecified atom stereocenters. The molecule has 1 aromatic heterocycles. The second-order valence-electron chi connectivity index (χ2n) is 4.14. The van der Waals surface area contributed by atoms with E-state index in [1.54, 1.807) is 6.07 Å². The molecule has 1 N–H and O–H groups in total. The van der Waals surface area contributed by atoms with E-state index in [1.807, 2.05) is 37.6 Å². The maximum absolute atomic E-state index is 9.37. The lowest BCUT2D eigenvalue weighted by Gasteiger charge is -2.10. The third-order valence-electron chi connectivity index (χ3n) is 3.09. The van der Waals surface area contributed by atoms with Crippen LogP contribution in [0.2, 0.25) is 5.02 Å². The monoisotopic (exact) mass is 250 g/mol. The number of halogens is 1. The molecule has 1 aromatic carbocycles. The summed E-state index contributed by atoms with van der Waals surface area (Å²) in [6.45, 7) is 5.99. The maximum Gasteiger partial charge on any atom is 0.0705 e. The van der Waals surface area contributed by atoms with Gasteiger partial charge in [-0.15, -0.1) is 0 Å². The van der Waals surface area contributed by atoms with Gasteiger partial charge in [0.25, 0.3) is 0 Å². The summed E-state index contributed by atoms with van der Waals surface area (Å²) in [5.41, 5.74) is 4.92. The van der Waals surface area contributed by atoms with Gasteiger partial charge in [0.15, 0.2) is 0 Å². The summed E-state index contributed by atoms with van der Waals surface area (Å²) in [6.07, 6.45) is 0. The first-order valence-corrected chi connectivity index (χ1v) is 5.85. The Kier molecular flexibility index (Phi) is 3.22. The summed E-state index contributed by atoms with van der Waals surface area (Å²) >= 11 is 5.92. The van der Waals surface area contributed by atoms with Gasteiger partial charge in [0.1, 0.15) is 0 Å². The molecule has 4 heteroatoms. The zero-order valence-electron chi connectivity index (χ0n) is 10.2. The molecular weight excluding hydrogens is 236 g/mol. The van der Waals surface area contributed by atoms with Crippen LogP contribution in [0.1, 0.15) is 22.5 Å². The highest BCUT2D eigenvalue weighted by molar-refractivity contribution is 6.30. The molecule has 1 heterocycles. The molecule has 0 bridgehead atoms. The number of hydrogen-bond acceptors (Lipinski definition) is 2. The molecule has 0 aliphatic heterocycles. The van der Waals surface area contributed by atoms with E-state index in [2.05, 4.69) is 5.10 Å². The highest BCUT2D eigenvalue weighted by Crippen LogP contribution is 2.23. The minimum Gasteiger partial charge on any atom is -0.392 e. The van der Waals surface area contributed by atoms with Crippen molar-refractivity contribution in [2.24, 2.45) is 0 Å². The molecular formula is C13H15ClN2O. The van der Waals surface area contributed by atoms with Crippen LogP contribution in [0.3, 0.4) is 0 Å². The van der Waals surface area contributed by atoms with Gasteiger partial charge in [-0.2, -0.15) is 5.10 Å². The van der Waals surface area contributed by atoms with Crippen LogP contribution < -0.4 is 0 Å². The van der Waals surface area contributed by atoms with E-state index in [0.29, 0.717) is 5.02 Å². The summed E-state index contributed by atoms with van der Waals surface area (Å²) in [5.74, 6) is 0. The SMILES string of the molecule is Cc1nn(-c2ccc(Cl)cc2CO)c(C)c1C. The van der Waals surface area contributed by atoms with E-state index < -0.39 is 0 Å². The largest absolute Gasteiger partial charge is 0.392 e. The Labute approximate surface area is 106 Å². The maximum atomic E-state index is 9.37. The van der Waals surface area contributed by atoms with Crippen molar-refractivity contribution in [3.8, 4) is 5.69 Å². The summed E-state index contributed by atoms with van der Waals surface area (Å²) in [5, 5.41) is 14.5. The molecule has 0 amide bonds. The lowest BCUT2D eigenvalue weighted by atomic mass is 10.1. The van der Waals surface area contributed by atoms with Crippen molar-refractivity contribution in [3.05, 3.63) is 45.7 Å². The molecule has 0 saturated carbocycles. The first kappa shape index (κ1) is 12.1. The lowest BCUT2D eigenvalue weighted by molar-refractivity contribution is 0.281. The molecule has 0 saturated heterocycles. The van der Waals surface area contributed by atoms with E-state index in [9.17, 15) is 5.11 Å². The molecule has 0 spiro atoms. The number of aromatic nitrogens is 2. The van der Waals surface area contributed by atoms with E-state index in [-0.39, 0.29) is 6.61 Å². The van der Waals surface area contributed by atoms with Gasteiger partial charge in [-0.3, -0.25) is 0 Å². The first-order valence-electron chi connectivity index (χ1n) is 5.47. The van der Waals surface area contributed by atoms with Gasteiger partial charge in [0, 0.05) is 16.3 Å². The van der Waals surface area contributed by atoms with Crippen LogP contribution in [0, 0.1) is 20.8 Å². The average molecular weight is 251 g/mol. The second-order valence-corrected chi connectivity index (χ2v) is 4.58. The van der Waals surface area contributed by atoms with Crippen LogP contribution >= 0.6 is 11.6 Å². The van der Waals surface area contributed by atoms with Crippen molar-refractivity contribution >= 4 is 11.6 Å². The number of aliphatic hydroxyl groups is 1. The Morgan fingerprint density at radius 1 is 1.29 bits per heavy atom. The van der Waals surface area contributed by atoms with Crippen molar-refractivity contribution in [2.75, 3.05) is 0 Å². The number of rotatable bonds is 2. The average Bonchev–Trinajstić information content (AvgIpc) is 2.57. The molecule has 0 atom stereocenters. The van der Waals surface area contributed by atoms with Gasteiger partial charge in [-0.05, 0) is 44.5 Å². The summed E-state index contributed by atoms with van der Waals surface area (Å²) in [4.78, 5) is 0. The first-order chi connectivity index (χ1) is 8.04. The van der Waals surface area contributed by atoms with Gasteiger partial charge in [-0.1, -0.05) is 11.6 Å². The minimum absolute atomic E-state index is 0.0483. The van der Waals surface area contributed by atoms with Crippen molar-refractivity contribution in [3.63, 3.8) is 0 Å². The topological polar surface area (TPSA) is 38.0 Å². The molecule has 90 valence electrons. The third-order valence-corrected chi connectivity index (χ3v) is 3.33. The fourth-order valence-corrected chi connectivity index (χ4v) is 2.04. The quantitative estimate of drug-likeness (QED) is 0.890. The van der Waals surface area contributed by atoms with Crippen LogP contribution in [0.5, 0.6) is 0 Å². The van der Waals surface area contributed by atoms with Gasteiger partial charge < -0.3 is 5.11 Å². The predicted molar refractivity (Wildman–Crippen MR) is 68.7 cm³/mol. The molecule has 0 radical (unpaired) electrons. The number of benzene rings is 1. The molecule has 0 aliphatic rings. The minimum atomic E-state index is -0.0483. The number of aryl methyl sites for hydroxylation is 1. The fraction of sp³-hybridized carbons (Fsp3) is 0.308. The van der Waals surface area contributed by atoms with Crippen molar-refractivity contribution in [1.82, 2.24) is 9.78 Å². The lowest BCUT2D eigenvalue weighted by Crippen LogP contribution is -2.03. The molecule has 0 aliphatic carbocycles. The van der Waals surface area contributed by atoms with Crippen LogP contribution in [0.4, 0.5) is 0 Å². The van der Waals surface area contributed by atoms with Gasteiger partial charge in [0.2, 0.25) is 0 Å². The summed E-state index contributed by atoms with van der Waals surface area (Å²) in [6, 6.07) is 5.46. The predicted octanol–water partition coefficient (Wildman–Crippen LogP) is 2.94. The highest BCUT2D eigenvalue weighted by Gasteiger charge is 2.12. The van der Waals surface area contributed by atoms with Gasteiger partial charge in [0.05, 0.1) is 18.0 Å². The van der Waals surface area contributed by atoms with E-state index in [0.717, 1.165) is 22.6 Å². The van der Waals surface area contributed by atoms with Crippen molar-refractivity contribution in [2.45, 2.75) is 27.4 Å². The molecule has 2 rings (SSSR count). The number of hydrogen-bond donors (Lipinski definition) is 1. The molecule has 17 heavy (non-hydrogen) atoms. The Balaban J connectivity index is 2.64. The number of nitrogens with zero attached hydrogens (tertiary/aromatic N) is 2. The van der Waals surface area contributed by atoms with E-state index >= 15 is 0 Å². The summed E-state index contributed by atoms with van der Waals surface area (Å²) < 4.78 is 1.85. The Bertz CT molecular complexity index is 561. The fourth-order valence-electron chi connectivity index (χ4n) is 1.84. The van der Waals surface area contributed by atoms with Crippen LogP contribution in [0.15, 0.2) is 18.2 Å². The zero-order valence-corrected chi connectivity index (χ0v) is 10.9. The smallest absolute Gasteiger partial charge is 0.0705 e. The molecule has 2 aromatic rings. The highest BCUT2D eigenvalue weighted by atomic mass is 35.5. The number of aliphatic hydroxyl groups excluding tert-OH is 1. The summed E-state index contributed by atoms with van der Waals surface area (Å²) in [7, 11) is 0. The van der Waals surface area contributed by atoms with Crippen molar-refractivity contribution < 1.29 is 5.11 Å². The van der Waals surface area contributed by atoms with Gasteiger partial charge >= 0.3 is 0 Å². The van der Waals surface area contributed by atoms with E-state index in [4.69, 9.17) is 11.6 Å². The Morgan fingerprint density at radius 2 is 2.00 bits per heavy atom. The Morgan fingerprint density at radius 3 is 2.53 bits per heavy atom. The standard InChI is InChI=1S/C13H15ClN2O/c1-8-9(2)15-16(10(8)3)13-5-4-12(14)6-11(13)7-17/h4-6,17H,7H2,1-3H3. The van der Waals surface area contributed by atoms with Crippen molar-refractivity contribution in [1.29, 1.82) is 0 Å². The van der Waals surface area contributed by atoms with Crippen LogP contribution in [-0.4, -0.2) is 14.9 Å². The van der Waals surface area contributed by atoms with Gasteiger partial charge in [-0.25, -0.2) is 4.68 Å².